The Morgan fingerprint density at radius 1 is 1.58 bits per heavy atom. The molecule has 2 unspecified atom stereocenters. The van der Waals surface area contributed by atoms with Crippen molar-refractivity contribution in [1.29, 1.82) is 0 Å². The highest BCUT2D eigenvalue weighted by Crippen LogP contribution is 2.22. The summed E-state index contributed by atoms with van der Waals surface area (Å²) in [5.41, 5.74) is 5.15. The second-order valence-electron chi connectivity index (χ2n) is 4.49. The molecule has 1 fully saturated rings. The van der Waals surface area contributed by atoms with Crippen LogP contribution in [0.5, 0.6) is 0 Å². The lowest BCUT2D eigenvalue weighted by Gasteiger charge is -2.23. The van der Waals surface area contributed by atoms with E-state index in [1.165, 1.54) is 11.2 Å². The van der Waals surface area contributed by atoms with Gasteiger partial charge < -0.3 is 20.2 Å². The number of carboxylic acid groups (broad SMARTS) is 1. The molecular weight excluding hydrogens is 252 g/mol. The Balaban J connectivity index is 2.13. The Bertz CT molecular complexity index is 496. The fourth-order valence-corrected chi connectivity index (χ4v) is 2.17. The zero-order chi connectivity index (χ0) is 14.0. The van der Waals surface area contributed by atoms with Crippen LogP contribution in [0.1, 0.15) is 12.2 Å². The lowest BCUT2D eigenvalue weighted by Crippen LogP contribution is -2.44. The van der Waals surface area contributed by atoms with Crippen molar-refractivity contribution < 1.29 is 23.9 Å². The molecule has 3 N–H and O–H groups in total. The number of carboxylic acids is 1. The zero-order valence-electron chi connectivity index (χ0n) is 10.1. The van der Waals surface area contributed by atoms with E-state index in [-0.39, 0.29) is 25.3 Å². The molecule has 1 aromatic rings. The molecule has 0 aliphatic carbocycles. The first-order valence-electron chi connectivity index (χ1n) is 5.83. The SMILES string of the molecule is NC(=O)C1CC(=O)N(C(Cc2ccco2)C(=O)O)C1. The van der Waals surface area contributed by atoms with Crippen molar-refractivity contribution in [2.24, 2.45) is 11.7 Å². The van der Waals surface area contributed by atoms with Crippen LogP contribution >= 0.6 is 0 Å². The molecule has 2 amide bonds. The fraction of sp³-hybridized carbons (Fsp3) is 0.417. The van der Waals surface area contributed by atoms with Gasteiger partial charge in [-0.1, -0.05) is 0 Å². The van der Waals surface area contributed by atoms with Crippen LogP contribution in [0.15, 0.2) is 22.8 Å². The quantitative estimate of drug-likeness (QED) is 0.753. The van der Waals surface area contributed by atoms with Gasteiger partial charge in [0.25, 0.3) is 0 Å². The topological polar surface area (TPSA) is 114 Å². The van der Waals surface area contributed by atoms with E-state index in [1.807, 2.05) is 0 Å². The molecule has 1 aliphatic rings. The van der Waals surface area contributed by atoms with Crippen LogP contribution in [0.2, 0.25) is 0 Å². The summed E-state index contributed by atoms with van der Waals surface area (Å²) in [7, 11) is 0. The van der Waals surface area contributed by atoms with E-state index in [4.69, 9.17) is 10.2 Å². The summed E-state index contributed by atoms with van der Waals surface area (Å²) in [6.45, 7) is 0.0475. The molecule has 1 aromatic heterocycles. The third-order valence-corrected chi connectivity index (χ3v) is 3.20. The summed E-state index contributed by atoms with van der Waals surface area (Å²) in [6.07, 6.45) is 1.48. The van der Waals surface area contributed by atoms with E-state index < -0.39 is 23.8 Å². The minimum atomic E-state index is -1.13. The number of aliphatic carboxylic acids is 1. The highest BCUT2D eigenvalue weighted by atomic mass is 16.4. The fourth-order valence-electron chi connectivity index (χ4n) is 2.17. The average molecular weight is 266 g/mol. The van der Waals surface area contributed by atoms with E-state index in [1.54, 1.807) is 12.1 Å². The Morgan fingerprint density at radius 3 is 2.79 bits per heavy atom. The minimum Gasteiger partial charge on any atom is -0.480 e. The smallest absolute Gasteiger partial charge is 0.326 e. The molecule has 102 valence electrons. The number of nitrogens with two attached hydrogens (primary N) is 1. The largest absolute Gasteiger partial charge is 0.480 e. The summed E-state index contributed by atoms with van der Waals surface area (Å²) in [5.74, 6) is -2.23. The van der Waals surface area contributed by atoms with Crippen molar-refractivity contribution in [2.75, 3.05) is 6.54 Å². The van der Waals surface area contributed by atoms with E-state index in [0.29, 0.717) is 5.76 Å². The summed E-state index contributed by atoms with van der Waals surface area (Å²) in [5, 5.41) is 9.22. The van der Waals surface area contributed by atoms with E-state index in [2.05, 4.69) is 0 Å². The van der Waals surface area contributed by atoms with Gasteiger partial charge in [0, 0.05) is 19.4 Å². The third kappa shape index (κ3) is 2.75. The maximum absolute atomic E-state index is 11.8. The van der Waals surface area contributed by atoms with Crippen LogP contribution in [0.25, 0.3) is 0 Å². The van der Waals surface area contributed by atoms with E-state index in [9.17, 15) is 19.5 Å². The average Bonchev–Trinajstić information content (AvgIpc) is 2.95. The number of hydrogen-bond acceptors (Lipinski definition) is 4. The lowest BCUT2D eigenvalue weighted by molar-refractivity contribution is -0.148. The second-order valence-corrected chi connectivity index (χ2v) is 4.49. The Kier molecular flexibility index (Phi) is 3.55. The second kappa shape index (κ2) is 5.13. The minimum absolute atomic E-state index is 0.0305. The van der Waals surface area contributed by atoms with Crippen molar-refractivity contribution >= 4 is 17.8 Å². The van der Waals surface area contributed by atoms with Crippen LogP contribution in [0, 0.1) is 5.92 Å². The number of carbonyl (C=O) groups is 3. The third-order valence-electron chi connectivity index (χ3n) is 3.20. The first-order chi connectivity index (χ1) is 8.99. The molecule has 7 nitrogen and oxygen atoms in total. The van der Waals surface area contributed by atoms with Crippen LogP contribution in [0.3, 0.4) is 0 Å². The van der Waals surface area contributed by atoms with Crippen molar-refractivity contribution in [3.05, 3.63) is 24.2 Å². The number of hydrogen-bond donors (Lipinski definition) is 2. The molecular formula is C12H14N2O5. The van der Waals surface area contributed by atoms with Crippen LogP contribution in [-0.2, 0) is 20.8 Å². The number of rotatable bonds is 5. The number of amides is 2. The lowest BCUT2D eigenvalue weighted by atomic mass is 10.1. The van der Waals surface area contributed by atoms with Gasteiger partial charge in [0.15, 0.2) is 0 Å². The summed E-state index contributed by atoms with van der Waals surface area (Å²) in [6, 6.07) is 2.25. The summed E-state index contributed by atoms with van der Waals surface area (Å²) < 4.78 is 5.09. The number of carbonyl (C=O) groups excluding carboxylic acids is 2. The maximum atomic E-state index is 11.8. The number of furan rings is 1. The Labute approximate surface area is 109 Å². The molecule has 2 atom stereocenters. The normalized spacial score (nSPS) is 20.5. The van der Waals surface area contributed by atoms with Crippen molar-refractivity contribution in [3.8, 4) is 0 Å². The van der Waals surface area contributed by atoms with Crippen molar-refractivity contribution in [3.63, 3.8) is 0 Å². The van der Waals surface area contributed by atoms with E-state index in [0.717, 1.165) is 0 Å². The van der Waals surface area contributed by atoms with Gasteiger partial charge in [-0.3, -0.25) is 9.59 Å². The predicted molar refractivity (Wildman–Crippen MR) is 62.9 cm³/mol. The molecule has 0 spiro atoms. The molecule has 7 heteroatoms. The summed E-state index contributed by atoms with van der Waals surface area (Å²) in [4.78, 5) is 35.3. The molecule has 19 heavy (non-hydrogen) atoms. The van der Waals surface area contributed by atoms with Gasteiger partial charge in [0.05, 0.1) is 12.2 Å². The van der Waals surface area contributed by atoms with Crippen LogP contribution < -0.4 is 5.73 Å². The predicted octanol–water partition coefficient (Wildman–Crippen LogP) is -0.391. The molecule has 2 rings (SSSR count). The van der Waals surface area contributed by atoms with Gasteiger partial charge in [-0.05, 0) is 12.1 Å². The maximum Gasteiger partial charge on any atom is 0.326 e. The van der Waals surface area contributed by atoms with Gasteiger partial charge in [0.2, 0.25) is 11.8 Å². The molecule has 0 aromatic carbocycles. The molecule has 0 radical (unpaired) electrons. The van der Waals surface area contributed by atoms with Gasteiger partial charge in [0.1, 0.15) is 11.8 Å². The van der Waals surface area contributed by atoms with Crippen molar-refractivity contribution in [2.45, 2.75) is 18.9 Å². The Hall–Kier alpha value is -2.31. The summed E-state index contributed by atoms with van der Waals surface area (Å²) >= 11 is 0. The molecule has 0 saturated carbocycles. The van der Waals surface area contributed by atoms with Gasteiger partial charge >= 0.3 is 5.97 Å². The van der Waals surface area contributed by atoms with Crippen molar-refractivity contribution in [1.82, 2.24) is 4.90 Å². The van der Waals surface area contributed by atoms with E-state index >= 15 is 0 Å². The Morgan fingerprint density at radius 2 is 2.32 bits per heavy atom. The van der Waals surface area contributed by atoms with Gasteiger partial charge in [-0.25, -0.2) is 4.79 Å². The number of primary amides is 1. The number of likely N-dealkylation sites (tertiary alicyclic amines) is 1. The number of nitrogens with zero attached hydrogens (tertiary/aromatic N) is 1. The van der Waals surface area contributed by atoms with Crippen LogP contribution in [0.4, 0.5) is 0 Å². The molecule has 2 heterocycles. The monoisotopic (exact) mass is 266 g/mol. The first-order valence-corrected chi connectivity index (χ1v) is 5.83. The van der Waals surface area contributed by atoms with Gasteiger partial charge in [-0.2, -0.15) is 0 Å². The molecule has 1 saturated heterocycles. The van der Waals surface area contributed by atoms with Crippen LogP contribution in [-0.4, -0.2) is 40.4 Å². The van der Waals surface area contributed by atoms with Gasteiger partial charge in [-0.15, -0.1) is 0 Å². The highest BCUT2D eigenvalue weighted by Gasteiger charge is 2.40. The first kappa shape index (κ1) is 13.1. The molecule has 0 bridgehead atoms. The highest BCUT2D eigenvalue weighted by molar-refractivity contribution is 5.91. The molecule has 1 aliphatic heterocycles. The zero-order valence-corrected chi connectivity index (χ0v) is 10.1. The standard InChI is InChI=1S/C12H14N2O5/c13-11(16)7-4-10(15)14(6-7)9(12(17)18)5-8-2-1-3-19-8/h1-3,7,9H,4-6H2,(H2,13,16)(H,17,18).